The molecule has 1 aliphatic heterocycles. The Kier molecular flexibility index (Phi) is 10.1. The number of rotatable bonds is 6. The van der Waals surface area contributed by atoms with E-state index in [0.717, 1.165) is 19.4 Å². The monoisotopic (exact) mass is 367 g/mol. The Morgan fingerprint density at radius 2 is 2.22 bits per heavy atom. The fourth-order valence-electron chi connectivity index (χ4n) is 2.27. The van der Waals surface area contributed by atoms with Crippen molar-refractivity contribution in [1.82, 2.24) is 0 Å². The Morgan fingerprint density at radius 1 is 1.48 bits per heavy atom. The fourth-order valence-corrected chi connectivity index (χ4v) is 2.27. The molecule has 0 bridgehead atoms. The predicted molar refractivity (Wildman–Crippen MR) is 95.3 cm³/mol. The highest BCUT2D eigenvalue weighted by molar-refractivity contribution is 5.91. The second-order valence-electron chi connectivity index (χ2n) is 5.44. The molecule has 2 rings (SSSR count). The van der Waals surface area contributed by atoms with E-state index >= 15 is 0 Å². The number of carbonyl (C=O) groups excluding carboxylic acids is 1. The van der Waals surface area contributed by atoms with Crippen LogP contribution in [-0.4, -0.2) is 31.2 Å². The van der Waals surface area contributed by atoms with Crippen LogP contribution in [0.15, 0.2) is 18.2 Å². The van der Waals surface area contributed by atoms with Crippen LogP contribution in [0, 0.1) is 5.82 Å². The molecule has 1 aliphatic rings. The molecule has 1 amide bonds. The lowest BCUT2D eigenvalue weighted by Crippen LogP contribution is -2.24. The number of carbonyl (C=O) groups is 1. The molecule has 0 saturated carbocycles. The molecule has 1 fully saturated rings. The highest BCUT2D eigenvalue weighted by atomic mass is 35.5. The van der Waals surface area contributed by atoms with Gasteiger partial charge in [-0.3, -0.25) is 4.79 Å². The van der Waals surface area contributed by atoms with Gasteiger partial charge in [0.15, 0.2) is 0 Å². The SMILES string of the molecule is CC(N)CC(=O)Nc1ccc(NCC2CCCO2)c(F)c1.Cl.Cl. The number of hydrogen-bond donors (Lipinski definition) is 3. The third-order valence-corrected chi connectivity index (χ3v) is 3.30. The average Bonchev–Trinajstić information content (AvgIpc) is 2.89. The zero-order chi connectivity index (χ0) is 15.2. The van der Waals surface area contributed by atoms with Crippen LogP contribution >= 0.6 is 24.8 Å². The quantitative estimate of drug-likeness (QED) is 0.722. The van der Waals surface area contributed by atoms with Crippen molar-refractivity contribution in [1.29, 1.82) is 0 Å². The number of halogens is 3. The summed E-state index contributed by atoms with van der Waals surface area (Å²) >= 11 is 0. The summed E-state index contributed by atoms with van der Waals surface area (Å²) in [4.78, 5) is 11.6. The minimum absolute atomic E-state index is 0. The molecule has 0 aromatic heterocycles. The fraction of sp³-hybridized carbons (Fsp3) is 0.533. The first-order chi connectivity index (χ1) is 10.0. The van der Waals surface area contributed by atoms with Gasteiger partial charge in [-0.2, -0.15) is 0 Å². The van der Waals surface area contributed by atoms with Crippen molar-refractivity contribution in [3.05, 3.63) is 24.0 Å². The normalized spacial score (nSPS) is 17.6. The van der Waals surface area contributed by atoms with E-state index in [9.17, 15) is 9.18 Å². The molecule has 8 heteroatoms. The minimum atomic E-state index is -0.397. The standard InChI is InChI=1S/C15H22FN3O2.2ClH/c1-10(17)7-15(20)19-11-4-5-14(13(16)8-11)18-9-12-3-2-6-21-12;;/h4-5,8,10,12,18H,2-3,6-7,9,17H2,1H3,(H,19,20);2*1H. The van der Waals surface area contributed by atoms with Gasteiger partial charge < -0.3 is 21.1 Å². The van der Waals surface area contributed by atoms with Gasteiger partial charge in [-0.1, -0.05) is 0 Å². The molecule has 1 aromatic carbocycles. The van der Waals surface area contributed by atoms with Gasteiger partial charge >= 0.3 is 0 Å². The van der Waals surface area contributed by atoms with Gasteiger partial charge in [0.25, 0.3) is 0 Å². The first kappa shape index (κ1) is 21.9. The second kappa shape index (κ2) is 10.6. The summed E-state index contributed by atoms with van der Waals surface area (Å²) < 4.78 is 19.4. The van der Waals surface area contributed by atoms with Crippen molar-refractivity contribution in [3.8, 4) is 0 Å². The van der Waals surface area contributed by atoms with Crippen LogP contribution in [0.3, 0.4) is 0 Å². The Hall–Kier alpha value is -1.08. The van der Waals surface area contributed by atoms with Crippen molar-refractivity contribution in [2.45, 2.75) is 38.3 Å². The van der Waals surface area contributed by atoms with Crippen molar-refractivity contribution < 1.29 is 13.9 Å². The van der Waals surface area contributed by atoms with E-state index in [-0.39, 0.29) is 49.3 Å². The Labute approximate surface area is 148 Å². The van der Waals surface area contributed by atoms with Crippen LogP contribution in [0.2, 0.25) is 0 Å². The Bertz CT molecular complexity index is 498. The molecule has 0 radical (unpaired) electrons. The molecule has 2 unspecified atom stereocenters. The molecule has 23 heavy (non-hydrogen) atoms. The molecule has 4 N–H and O–H groups in total. The van der Waals surface area contributed by atoms with Crippen molar-refractivity contribution in [2.75, 3.05) is 23.8 Å². The second-order valence-corrected chi connectivity index (χ2v) is 5.44. The average molecular weight is 368 g/mol. The number of anilines is 2. The van der Waals surface area contributed by atoms with Gasteiger partial charge in [-0.05, 0) is 38.0 Å². The van der Waals surface area contributed by atoms with Gasteiger partial charge in [0, 0.05) is 31.3 Å². The van der Waals surface area contributed by atoms with E-state index in [2.05, 4.69) is 10.6 Å². The van der Waals surface area contributed by atoms with E-state index in [1.54, 1.807) is 19.1 Å². The van der Waals surface area contributed by atoms with Crippen LogP contribution in [0.25, 0.3) is 0 Å². The highest BCUT2D eigenvalue weighted by Crippen LogP contribution is 2.20. The van der Waals surface area contributed by atoms with Crippen molar-refractivity contribution >= 4 is 42.1 Å². The summed E-state index contributed by atoms with van der Waals surface area (Å²) in [6.45, 7) is 3.12. The maximum atomic E-state index is 14.0. The van der Waals surface area contributed by atoms with Crippen LogP contribution in [0.5, 0.6) is 0 Å². The summed E-state index contributed by atoms with van der Waals surface area (Å²) in [5, 5.41) is 5.66. The predicted octanol–water partition coefficient (Wildman–Crippen LogP) is 2.94. The van der Waals surface area contributed by atoms with Gasteiger partial charge in [0.1, 0.15) is 5.82 Å². The largest absolute Gasteiger partial charge is 0.380 e. The molecule has 0 spiro atoms. The zero-order valence-corrected chi connectivity index (χ0v) is 14.6. The van der Waals surface area contributed by atoms with E-state index in [1.807, 2.05) is 0 Å². The first-order valence-electron chi connectivity index (χ1n) is 7.25. The molecule has 2 atom stereocenters. The van der Waals surface area contributed by atoms with Crippen LogP contribution < -0.4 is 16.4 Å². The van der Waals surface area contributed by atoms with Crippen LogP contribution in [-0.2, 0) is 9.53 Å². The van der Waals surface area contributed by atoms with E-state index in [4.69, 9.17) is 10.5 Å². The maximum Gasteiger partial charge on any atom is 0.225 e. The molecular formula is C15H24Cl2FN3O2. The number of nitrogens with one attached hydrogen (secondary N) is 2. The summed E-state index contributed by atoms with van der Waals surface area (Å²) in [7, 11) is 0. The summed E-state index contributed by atoms with van der Waals surface area (Å²) in [5.41, 5.74) is 6.39. The number of ether oxygens (including phenoxy) is 1. The first-order valence-corrected chi connectivity index (χ1v) is 7.25. The number of amides is 1. The molecule has 1 aromatic rings. The third kappa shape index (κ3) is 7.35. The van der Waals surface area contributed by atoms with E-state index in [1.165, 1.54) is 6.07 Å². The van der Waals surface area contributed by atoms with Gasteiger partial charge in [-0.25, -0.2) is 4.39 Å². The molecule has 132 valence electrons. The number of benzene rings is 1. The minimum Gasteiger partial charge on any atom is -0.380 e. The molecular weight excluding hydrogens is 344 g/mol. The lowest BCUT2D eigenvalue weighted by molar-refractivity contribution is -0.116. The molecule has 0 aliphatic carbocycles. The lowest BCUT2D eigenvalue weighted by Gasteiger charge is -2.13. The van der Waals surface area contributed by atoms with E-state index < -0.39 is 5.82 Å². The van der Waals surface area contributed by atoms with Gasteiger partial charge in [0.2, 0.25) is 5.91 Å². The van der Waals surface area contributed by atoms with E-state index in [0.29, 0.717) is 17.9 Å². The van der Waals surface area contributed by atoms with Crippen LogP contribution in [0.4, 0.5) is 15.8 Å². The lowest BCUT2D eigenvalue weighted by atomic mass is 10.2. The van der Waals surface area contributed by atoms with Crippen molar-refractivity contribution in [2.24, 2.45) is 5.73 Å². The third-order valence-electron chi connectivity index (χ3n) is 3.30. The van der Waals surface area contributed by atoms with Crippen LogP contribution in [0.1, 0.15) is 26.2 Å². The zero-order valence-electron chi connectivity index (χ0n) is 13.0. The van der Waals surface area contributed by atoms with Gasteiger partial charge in [0.05, 0.1) is 11.8 Å². The van der Waals surface area contributed by atoms with Crippen molar-refractivity contribution in [3.63, 3.8) is 0 Å². The molecule has 5 nitrogen and oxygen atoms in total. The molecule has 1 saturated heterocycles. The topological polar surface area (TPSA) is 76.4 Å². The maximum absolute atomic E-state index is 14.0. The summed E-state index contributed by atoms with van der Waals surface area (Å²) in [6, 6.07) is 4.37. The number of hydrogen-bond acceptors (Lipinski definition) is 4. The Balaban J connectivity index is 0.00000242. The number of nitrogens with two attached hydrogens (primary N) is 1. The smallest absolute Gasteiger partial charge is 0.225 e. The summed E-state index contributed by atoms with van der Waals surface area (Å²) in [5.74, 6) is -0.615. The highest BCUT2D eigenvalue weighted by Gasteiger charge is 2.15. The van der Waals surface area contributed by atoms with Gasteiger partial charge in [-0.15, -0.1) is 24.8 Å². The summed E-state index contributed by atoms with van der Waals surface area (Å²) in [6.07, 6.45) is 2.41. The Morgan fingerprint density at radius 3 is 2.78 bits per heavy atom. The molecule has 1 heterocycles.